The third-order valence-corrected chi connectivity index (χ3v) is 7.36. The van der Waals surface area contributed by atoms with E-state index in [2.05, 4.69) is 20.2 Å². The van der Waals surface area contributed by atoms with Crippen LogP contribution in [0.2, 0.25) is 0 Å². The molecule has 0 aliphatic rings. The van der Waals surface area contributed by atoms with Gasteiger partial charge in [-0.15, -0.1) is 0 Å². The highest BCUT2D eigenvalue weighted by molar-refractivity contribution is 7.89. The lowest BCUT2D eigenvalue weighted by atomic mass is 9.93. The van der Waals surface area contributed by atoms with E-state index in [1.807, 2.05) is 0 Å². The maximum Gasteiger partial charge on any atom is 0.272 e. The molecule has 8 nitrogen and oxygen atoms in total. The number of nitrogens with one attached hydrogen (secondary N) is 3. The molecule has 3 N–H and O–H groups in total. The van der Waals surface area contributed by atoms with Crippen LogP contribution in [-0.2, 0) is 16.4 Å². The highest BCUT2D eigenvalue weighted by atomic mass is 32.2. The molecule has 0 spiro atoms. The molecule has 192 valence electrons. The summed E-state index contributed by atoms with van der Waals surface area (Å²) in [5.41, 5.74) is 0.162. The van der Waals surface area contributed by atoms with Gasteiger partial charge in [0, 0.05) is 24.9 Å². The normalized spacial score (nSPS) is 12.0. The molecule has 4 aromatic rings. The monoisotopic (exact) mass is 522 g/mol. The van der Waals surface area contributed by atoms with Crippen LogP contribution in [0, 0.1) is 11.2 Å². The van der Waals surface area contributed by atoms with Crippen molar-refractivity contribution in [1.82, 2.24) is 20.2 Å². The highest BCUT2D eigenvalue weighted by Crippen LogP contribution is 2.19. The zero-order chi connectivity index (χ0) is 26.6. The number of halogens is 1. The number of H-pyrrole nitrogens is 1. The van der Waals surface area contributed by atoms with Gasteiger partial charge in [0.25, 0.3) is 11.5 Å². The van der Waals surface area contributed by atoms with E-state index >= 15 is 0 Å². The number of amides is 1. The number of carbonyl (C=O) groups is 1. The Kier molecular flexibility index (Phi) is 7.51. The van der Waals surface area contributed by atoms with E-state index in [0.29, 0.717) is 22.0 Å². The van der Waals surface area contributed by atoms with Crippen LogP contribution >= 0.6 is 0 Å². The minimum absolute atomic E-state index is 0.0674. The molecule has 0 fully saturated rings. The summed E-state index contributed by atoms with van der Waals surface area (Å²) in [6.07, 6.45) is 0.282. The summed E-state index contributed by atoms with van der Waals surface area (Å²) < 4.78 is 42.1. The molecule has 0 aliphatic carbocycles. The molecule has 0 atom stereocenters. The van der Waals surface area contributed by atoms with Crippen molar-refractivity contribution in [1.29, 1.82) is 0 Å². The van der Waals surface area contributed by atoms with Crippen LogP contribution in [-0.4, -0.2) is 37.6 Å². The second-order valence-electron chi connectivity index (χ2n) is 9.52. The van der Waals surface area contributed by atoms with Crippen molar-refractivity contribution in [3.05, 3.63) is 106 Å². The summed E-state index contributed by atoms with van der Waals surface area (Å²) in [6, 6.07) is 19.3. The summed E-state index contributed by atoms with van der Waals surface area (Å²) in [6.45, 7) is 3.76. The predicted molar refractivity (Wildman–Crippen MR) is 139 cm³/mol. The first-order valence-corrected chi connectivity index (χ1v) is 13.1. The van der Waals surface area contributed by atoms with Crippen molar-refractivity contribution >= 4 is 26.7 Å². The largest absolute Gasteiger partial charge is 0.351 e. The smallest absolute Gasteiger partial charge is 0.272 e. The number of sulfonamides is 1. The molecule has 0 saturated carbocycles. The Balaban J connectivity index is 1.44. The molecule has 0 saturated heterocycles. The zero-order valence-electron chi connectivity index (χ0n) is 20.4. The van der Waals surface area contributed by atoms with Gasteiger partial charge in [-0.3, -0.25) is 9.59 Å². The Morgan fingerprint density at radius 2 is 1.65 bits per heavy atom. The number of aromatic amines is 1. The van der Waals surface area contributed by atoms with Gasteiger partial charge in [-0.1, -0.05) is 56.3 Å². The minimum atomic E-state index is -3.70. The van der Waals surface area contributed by atoms with Gasteiger partial charge in [0.1, 0.15) is 5.82 Å². The molecule has 0 aliphatic heterocycles. The van der Waals surface area contributed by atoms with Gasteiger partial charge in [0.05, 0.1) is 21.5 Å². The van der Waals surface area contributed by atoms with Gasteiger partial charge in [-0.2, -0.15) is 5.10 Å². The van der Waals surface area contributed by atoms with E-state index in [0.717, 1.165) is 0 Å². The fraction of sp³-hybridized carbons (Fsp3) is 0.222. The molecule has 1 heterocycles. The molecular formula is C27H27FN4O4S. The number of carbonyl (C=O) groups excluding carboxylic acids is 1. The molecule has 10 heteroatoms. The second kappa shape index (κ2) is 10.6. The van der Waals surface area contributed by atoms with Crippen LogP contribution in [0.3, 0.4) is 0 Å². The predicted octanol–water partition coefficient (Wildman–Crippen LogP) is 3.39. The van der Waals surface area contributed by atoms with Gasteiger partial charge in [0.15, 0.2) is 0 Å². The Morgan fingerprint density at radius 1 is 0.973 bits per heavy atom. The fourth-order valence-corrected chi connectivity index (χ4v) is 5.07. The number of rotatable bonds is 9. The lowest BCUT2D eigenvalue weighted by Crippen LogP contribution is -2.42. The van der Waals surface area contributed by atoms with Crippen LogP contribution < -0.4 is 15.6 Å². The standard InChI is InChI=1S/C27H27FN4O4S/c1-27(2,17-30-37(35,36)19-8-4-3-5-9-19)16-29-25(33)22-14-18(12-13-23(22)28)15-24-20-10-6-7-11-21(20)26(34)32-31-24/h3-14,30H,15-17H2,1-2H3,(H,29,33)(H,32,34). The van der Waals surface area contributed by atoms with E-state index in [1.165, 1.54) is 24.3 Å². The van der Waals surface area contributed by atoms with Crippen LogP contribution in [0.25, 0.3) is 10.8 Å². The summed E-state index contributed by atoms with van der Waals surface area (Å²) in [4.78, 5) is 25.0. The Labute approximate surface area is 214 Å². The van der Waals surface area contributed by atoms with Crippen molar-refractivity contribution < 1.29 is 17.6 Å². The van der Waals surface area contributed by atoms with Crippen molar-refractivity contribution in [2.75, 3.05) is 13.1 Å². The zero-order valence-corrected chi connectivity index (χ0v) is 21.2. The maximum atomic E-state index is 14.6. The minimum Gasteiger partial charge on any atom is -0.351 e. The highest BCUT2D eigenvalue weighted by Gasteiger charge is 2.24. The van der Waals surface area contributed by atoms with Gasteiger partial charge in [0.2, 0.25) is 10.0 Å². The molecule has 4 rings (SSSR count). The number of hydrogen-bond donors (Lipinski definition) is 3. The Morgan fingerprint density at radius 3 is 2.38 bits per heavy atom. The van der Waals surface area contributed by atoms with E-state index < -0.39 is 27.2 Å². The second-order valence-corrected chi connectivity index (χ2v) is 11.3. The lowest BCUT2D eigenvalue weighted by molar-refractivity contribution is 0.0933. The first kappa shape index (κ1) is 26.2. The van der Waals surface area contributed by atoms with Gasteiger partial charge in [-0.05, 0) is 41.3 Å². The molecule has 1 amide bonds. The lowest BCUT2D eigenvalue weighted by Gasteiger charge is -2.25. The first-order valence-electron chi connectivity index (χ1n) is 11.6. The molecule has 1 aromatic heterocycles. The Hall–Kier alpha value is -3.89. The Bertz CT molecular complexity index is 1600. The summed E-state index contributed by atoms with van der Waals surface area (Å²) >= 11 is 0. The van der Waals surface area contributed by atoms with E-state index in [1.54, 1.807) is 62.4 Å². The summed E-state index contributed by atoms with van der Waals surface area (Å²) in [7, 11) is -3.70. The quantitative estimate of drug-likeness (QED) is 0.311. The third kappa shape index (κ3) is 6.28. The summed E-state index contributed by atoms with van der Waals surface area (Å²) in [5.74, 6) is -1.29. The van der Waals surface area contributed by atoms with Crippen molar-refractivity contribution in [2.24, 2.45) is 5.41 Å². The molecule has 0 unspecified atom stereocenters. The van der Waals surface area contributed by atoms with Crippen LogP contribution in [0.5, 0.6) is 0 Å². The average Bonchev–Trinajstić information content (AvgIpc) is 2.90. The number of benzene rings is 3. The molecule has 0 radical (unpaired) electrons. The summed E-state index contributed by atoms with van der Waals surface area (Å²) in [5, 5.41) is 10.5. The van der Waals surface area contributed by atoms with Gasteiger partial charge in [-0.25, -0.2) is 22.6 Å². The van der Waals surface area contributed by atoms with Gasteiger partial charge < -0.3 is 5.32 Å². The van der Waals surface area contributed by atoms with Crippen molar-refractivity contribution in [3.8, 4) is 0 Å². The topological polar surface area (TPSA) is 121 Å². The van der Waals surface area contributed by atoms with Gasteiger partial charge >= 0.3 is 0 Å². The van der Waals surface area contributed by atoms with E-state index in [-0.39, 0.29) is 35.5 Å². The SMILES string of the molecule is CC(C)(CNC(=O)c1cc(Cc2n[nH]c(=O)c3ccccc23)ccc1F)CNS(=O)(=O)c1ccccc1. The number of aromatic nitrogens is 2. The average molecular weight is 523 g/mol. The number of hydrogen-bond acceptors (Lipinski definition) is 5. The van der Waals surface area contributed by atoms with Crippen molar-refractivity contribution in [3.63, 3.8) is 0 Å². The van der Waals surface area contributed by atoms with Crippen LogP contribution in [0.1, 0.15) is 35.5 Å². The van der Waals surface area contributed by atoms with E-state index in [9.17, 15) is 22.4 Å². The fourth-order valence-electron chi connectivity index (χ4n) is 3.81. The number of nitrogens with zero attached hydrogens (tertiary/aromatic N) is 1. The molecular weight excluding hydrogens is 495 g/mol. The third-order valence-electron chi connectivity index (χ3n) is 5.94. The van der Waals surface area contributed by atoms with Crippen LogP contribution in [0.15, 0.2) is 82.5 Å². The van der Waals surface area contributed by atoms with Crippen LogP contribution in [0.4, 0.5) is 4.39 Å². The molecule has 0 bridgehead atoms. The maximum absolute atomic E-state index is 14.6. The molecule has 37 heavy (non-hydrogen) atoms. The first-order chi connectivity index (χ1) is 17.6. The van der Waals surface area contributed by atoms with E-state index in [4.69, 9.17) is 0 Å². The number of fused-ring (bicyclic) bond motifs is 1. The molecule has 3 aromatic carbocycles. The van der Waals surface area contributed by atoms with Crippen molar-refractivity contribution in [2.45, 2.75) is 25.2 Å².